The minimum Gasteiger partial charge on any atom is -0.485 e. The van der Waals surface area contributed by atoms with Gasteiger partial charge in [0.15, 0.2) is 5.82 Å². The van der Waals surface area contributed by atoms with Gasteiger partial charge >= 0.3 is 0 Å². The number of rotatable bonds is 9. The zero-order valence-corrected chi connectivity index (χ0v) is 15.2. The molecule has 0 bridgehead atoms. The molecule has 1 aromatic carbocycles. The van der Waals surface area contributed by atoms with E-state index in [1.54, 1.807) is 0 Å². The Kier molecular flexibility index (Phi) is 7.11. The van der Waals surface area contributed by atoms with Gasteiger partial charge in [0.1, 0.15) is 12.4 Å². The molecule has 1 aromatic heterocycles. The molecule has 0 aliphatic rings. The van der Waals surface area contributed by atoms with Gasteiger partial charge in [-0.25, -0.2) is 4.98 Å². The monoisotopic (exact) mass is 348 g/mol. The molecule has 0 aliphatic carbocycles. The van der Waals surface area contributed by atoms with Gasteiger partial charge in [0, 0.05) is 6.04 Å². The van der Waals surface area contributed by atoms with E-state index in [2.05, 4.69) is 34.3 Å². The molecule has 0 atom stereocenters. The number of carbonyl (C=O) groups excluding carboxylic acids is 1. The summed E-state index contributed by atoms with van der Waals surface area (Å²) in [7, 11) is 0. The Morgan fingerprint density at radius 1 is 1.33 bits per heavy atom. The lowest BCUT2D eigenvalue weighted by Gasteiger charge is -2.13. The Labute approximate surface area is 146 Å². The lowest BCUT2D eigenvalue weighted by molar-refractivity contribution is -0.119. The van der Waals surface area contributed by atoms with E-state index in [0.29, 0.717) is 23.3 Å². The average Bonchev–Trinajstić information content (AvgIpc) is 3.05. The Morgan fingerprint density at radius 3 is 2.79 bits per heavy atom. The molecule has 7 heteroatoms. The summed E-state index contributed by atoms with van der Waals surface area (Å²) >= 11 is 1.32. The van der Waals surface area contributed by atoms with Crippen molar-refractivity contribution in [2.24, 2.45) is 0 Å². The summed E-state index contributed by atoms with van der Waals surface area (Å²) in [6, 6.07) is 8.06. The third kappa shape index (κ3) is 5.56. The Bertz CT molecular complexity index is 656. The number of ether oxygens (including phenoxy) is 1. The van der Waals surface area contributed by atoms with Crippen LogP contribution in [0.4, 0.5) is 0 Å². The lowest BCUT2D eigenvalue weighted by Crippen LogP contribution is -2.35. The highest BCUT2D eigenvalue weighted by atomic mass is 32.2. The van der Waals surface area contributed by atoms with Crippen molar-refractivity contribution in [3.63, 3.8) is 0 Å². The highest BCUT2D eigenvalue weighted by Crippen LogP contribution is 2.18. The number of H-pyrrole nitrogens is 1. The van der Waals surface area contributed by atoms with E-state index in [9.17, 15) is 4.79 Å². The fourth-order valence-electron chi connectivity index (χ4n) is 2.16. The molecule has 2 rings (SSSR count). The third-order valence-electron chi connectivity index (χ3n) is 3.65. The quantitative estimate of drug-likeness (QED) is 0.681. The zero-order valence-electron chi connectivity index (χ0n) is 14.3. The maximum Gasteiger partial charge on any atom is 0.230 e. The van der Waals surface area contributed by atoms with Crippen LogP contribution in [0.1, 0.15) is 38.1 Å². The van der Waals surface area contributed by atoms with E-state index in [0.717, 1.165) is 24.2 Å². The van der Waals surface area contributed by atoms with E-state index in [-0.39, 0.29) is 11.9 Å². The molecule has 0 spiro atoms. The smallest absolute Gasteiger partial charge is 0.230 e. The van der Waals surface area contributed by atoms with Crippen molar-refractivity contribution in [1.82, 2.24) is 20.5 Å². The standard InChI is InChI=1S/C17H24N4O2S/c1-4-13(5-2)18-16(22)11-24-17-19-15(20-21-17)10-23-14-9-7-6-8-12(14)3/h6-9,13H,4-5,10-11H2,1-3H3,(H,18,22)(H,19,20,21). The molecule has 0 unspecified atom stereocenters. The minimum atomic E-state index is 0.0104. The van der Waals surface area contributed by atoms with Crippen LogP contribution in [0.3, 0.4) is 0 Å². The van der Waals surface area contributed by atoms with Gasteiger partial charge < -0.3 is 10.1 Å². The number of benzene rings is 1. The number of aromatic nitrogens is 3. The number of nitrogens with one attached hydrogen (secondary N) is 2. The number of aryl methyl sites for hydroxylation is 1. The predicted molar refractivity (Wildman–Crippen MR) is 95.1 cm³/mol. The van der Waals surface area contributed by atoms with Crippen LogP contribution < -0.4 is 10.1 Å². The summed E-state index contributed by atoms with van der Waals surface area (Å²) in [5, 5.41) is 10.5. The molecule has 0 radical (unpaired) electrons. The molecule has 0 saturated carbocycles. The topological polar surface area (TPSA) is 79.9 Å². The van der Waals surface area contributed by atoms with Crippen molar-refractivity contribution in [1.29, 1.82) is 0 Å². The van der Waals surface area contributed by atoms with Crippen molar-refractivity contribution in [2.45, 2.75) is 51.4 Å². The molecular weight excluding hydrogens is 324 g/mol. The Morgan fingerprint density at radius 2 is 2.08 bits per heavy atom. The average molecular weight is 348 g/mol. The predicted octanol–water partition coefficient (Wildman–Crippen LogP) is 3.09. The summed E-state index contributed by atoms with van der Waals surface area (Å²) in [6.45, 7) is 6.45. The van der Waals surface area contributed by atoms with E-state index >= 15 is 0 Å². The maximum atomic E-state index is 11.9. The molecule has 1 amide bonds. The molecule has 24 heavy (non-hydrogen) atoms. The minimum absolute atomic E-state index is 0.0104. The highest BCUT2D eigenvalue weighted by molar-refractivity contribution is 7.99. The van der Waals surface area contributed by atoms with Crippen molar-refractivity contribution < 1.29 is 9.53 Å². The number of amides is 1. The first kappa shape index (κ1) is 18.3. The van der Waals surface area contributed by atoms with Crippen LogP contribution in [-0.2, 0) is 11.4 Å². The summed E-state index contributed by atoms with van der Waals surface area (Å²) in [6.07, 6.45) is 1.88. The van der Waals surface area contributed by atoms with Gasteiger partial charge in [-0.1, -0.05) is 43.8 Å². The van der Waals surface area contributed by atoms with Crippen LogP contribution in [0.5, 0.6) is 5.75 Å². The number of aromatic amines is 1. The van der Waals surface area contributed by atoms with E-state index in [1.165, 1.54) is 11.8 Å². The SMILES string of the molecule is CCC(CC)NC(=O)CSc1n[nH]c(COc2ccccc2C)n1. The van der Waals surface area contributed by atoms with Crippen LogP contribution in [-0.4, -0.2) is 32.9 Å². The van der Waals surface area contributed by atoms with Crippen LogP contribution in [0.25, 0.3) is 0 Å². The van der Waals surface area contributed by atoms with Gasteiger partial charge in [0.25, 0.3) is 0 Å². The first-order chi connectivity index (χ1) is 11.6. The molecule has 2 aromatic rings. The van der Waals surface area contributed by atoms with Gasteiger partial charge in [-0.3, -0.25) is 9.89 Å². The van der Waals surface area contributed by atoms with Crippen molar-refractivity contribution in [3.05, 3.63) is 35.7 Å². The largest absolute Gasteiger partial charge is 0.485 e. The summed E-state index contributed by atoms with van der Waals surface area (Å²) in [5.41, 5.74) is 1.07. The van der Waals surface area contributed by atoms with E-state index in [4.69, 9.17) is 4.74 Å². The van der Waals surface area contributed by atoms with E-state index < -0.39 is 0 Å². The van der Waals surface area contributed by atoms with Crippen LogP contribution in [0.2, 0.25) is 0 Å². The molecule has 2 N–H and O–H groups in total. The molecule has 0 saturated heterocycles. The Hall–Kier alpha value is -2.02. The first-order valence-electron chi connectivity index (χ1n) is 8.14. The van der Waals surface area contributed by atoms with Gasteiger partial charge in [0.2, 0.25) is 11.1 Å². The first-order valence-corrected chi connectivity index (χ1v) is 9.12. The normalized spacial score (nSPS) is 10.8. The van der Waals surface area contributed by atoms with Gasteiger partial charge in [-0.05, 0) is 31.4 Å². The number of hydrogen-bond donors (Lipinski definition) is 2. The zero-order chi connectivity index (χ0) is 17.4. The molecule has 130 valence electrons. The second kappa shape index (κ2) is 9.32. The molecule has 6 nitrogen and oxygen atoms in total. The third-order valence-corrected chi connectivity index (χ3v) is 4.50. The van der Waals surface area contributed by atoms with Crippen LogP contribution >= 0.6 is 11.8 Å². The molecule has 0 aliphatic heterocycles. The number of para-hydroxylation sites is 1. The van der Waals surface area contributed by atoms with Crippen molar-refractivity contribution in [2.75, 3.05) is 5.75 Å². The summed E-state index contributed by atoms with van der Waals surface area (Å²) in [4.78, 5) is 16.2. The summed E-state index contributed by atoms with van der Waals surface area (Å²) < 4.78 is 5.72. The molecule has 1 heterocycles. The number of carbonyl (C=O) groups is 1. The number of nitrogens with zero attached hydrogens (tertiary/aromatic N) is 2. The van der Waals surface area contributed by atoms with Gasteiger partial charge in [-0.15, -0.1) is 5.10 Å². The lowest BCUT2D eigenvalue weighted by atomic mass is 10.2. The van der Waals surface area contributed by atoms with Crippen LogP contribution in [0.15, 0.2) is 29.4 Å². The number of hydrogen-bond acceptors (Lipinski definition) is 5. The Balaban J connectivity index is 1.79. The maximum absolute atomic E-state index is 11.9. The van der Waals surface area contributed by atoms with Gasteiger partial charge in [-0.2, -0.15) is 0 Å². The second-order valence-corrected chi connectivity index (χ2v) is 6.43. The molecular formula is C17H24N4O2S. The summed E-state index contributed by atoms with van der Waals surface area (Å²) in [5.74, 6) is 1.79. The van der Waals surface area contributed by atoms with E-state index in [1.807, 2.05) is 31.2 Å². The second-order valence-electron chi connectivity index (χ2n) is 5.49. The number of thioether (sulfide) groups is 1. The fourth-order valence-corrected chi connectivity index (χ4v) is 2.79. The van der Waals surface area contributed by atoms with Crippen LogP contribution in [0, 0.1) is 6.92 Å². The highest BCUT2D eigenvalue weighted by Gasteiger charge is 2.11. The van der Waals surface area contributed by atoms with Crippen molar-refractivity contribution >= 4 is 17.7 Å². The van der Waals surface area contributed by atoms with Gasteiger partial charge in [0.05, 0.1) is 5.75 Å². The fraction of sp³-hybridized carbons (Fsp3) is 0.471. The van der Waals surface area contributed by atoms with Crippen molar-refractivity contribution in [3.8, 4) is 5.75 Å². The molecule has 0 fully saturated rings.